The molecule has 33 heavy (non-hydrogen) atoms. The van der Waals surface area contributed by atoms with Crippen LogP contribution in [0.4, 0.5) is 0 Å². The summed E-state index contributed by atoms with van der Waals surface area (Å²) in [6.45, 7) is 15.2. The van der Waals surface area contributed by atoms with Gasteiger partial charge in [-0.15, -0.1) is 5.11 Å². The summed E-state index contributed by atoms with van der Waals surface area (Å²) in [5.74, 6) is -1.01. The van der Waals surface area contributed by atoms with E-state index in [0.717, 1.165) is 6.42 Å². The maximum absolute atomic E-state index is 12.2. The Morgan fingerprint density at radius 3 is 2.24 bits per heavy atom. The molecule has 8 nitrogen and oxygen atoms in total. The van der Waals surface area contributed by atoms with Gasteiger partial charge in [0.1, 0.15) is 0 Å². The molecule has 0 heterocycles. The number of hydrogen-bond donors (Lipinski definition) is 1. The predicted molar refractivity (Wildman–Crippen MR) is 122 cm³/mol. The number of unbranched alkanes of at least 4 members (excludes halogenated alkanes) is 6. The molecule has 0 rings (SSSR count). The summed E-state index contributed by atoms with van der Waals surface area (Å²) in [7, 11) is 0. The van der Waals surface area contributed by atoms with E-state index in [4.69, 9.17) is 6.57 Å². The fourth-order valence-electron chi connectivity index (χ4n) is 3.10. The van der Waals surface area contributed by atoms with Gasteiger partial charge < -0.3 is 15.2 Å². The second-order valence-corrected chi connectivity index (χ2v) is 9.11. The van der Waals surface area contributed by atoms with E-state index in [1.54, 1.807) is 6.92 Å². The number of carboxylic acids is 1. The zero-order chi connectivity index (χ0) is 24.5. The molecule has 0 aromatic carbocycles. The molecular formula is C24H40N5NaO3. The average molecular weight is 470 g/mol. The van der Waals surface area contributed by atoms with Gasteiger partial charge in [0.25, 0.3) is 0 Å². The average Bonchev–Trinajstić information content (AvgIpc) is 2.78. The molecule has 1 N–H and O–H groups in total. The first-order valence-electron chi connectivity index (χ1n) is 11.8. The Labute approximate surface area is 222 Å². The first-order chi connectivity index (χ1) is 15.1. The smallest absolute Gasteiger partial charge is 0.550 e. The topological polar surface area (TPSA) is 122 Å². The van der Waals surface area contributed by atoms with Crippen LogP contribution in [-0.2, 0) is 9.59 Å². The van der Waals surface area contributed by atoms with Crippen molar-refractivity contribution < 1.29 is 44.3 Å². The zero-order valence-electron chi connectivity index (χ0n) is 21.3. The Balaban J connectivity index is 0. The molecule has 9 heteroatoms. The van der Waals surface area contributed by atoms with E-state index in [2.05, 4.69) is 34.2 Å². The number of rotatable bonds is 18. The number of azo groups is 1. The van der Waals surface area contributed by atoms with Crippen LogP contribution in [0.15, 0.2) is 10.2 Å². The van der Waals surface area contributed by atoms with Crippen molar-refractivity contribution in [2.24, 2.45) is 16.1 Å². The molecule has 0 radical (unpaired) electrons. The minimum atomic E-state index is -1.37. The van der Waals surface area contributed by atoms with Gasteiger partial charge in [-0.05, 0) is 32.1 Å². The molecule has 0 aliphatic rings. The van der Waals surface area contributed by atoms with E-state index in [9.17, 15) is 20.0 Å². The van der Waals surface area contributed by atoms with E-state index in [1.165, 1.54) is 51.9 Å². The molecular weight excluding hydrogens is 429 g/mol. The second-order valence-electron chi connectivity index (χ2n) is 9.11. The number of carbonyl (C=O) groups is 2. The van der Waals surface area contributed by atoms with Gasteiger partial charge in [0.15, 0.2) is 5.54 Å². The van der Waals surface area contributed by atoms with Crippen molar-refractivity contribution in [2.45, 2.75) is 116 Å². The largest absolute Gasteiger partial charge is 1.00 e. The second kappa shape index (κ2) is 18.9. The first kappa shape index (κ1) is 33.7. The minimum absolute atomic E-state index is 0. The molecule has 3 atom stereocenters. The van der Waals surface area contributed by atoms with Gasteiger partial charge >= 0.3 is 35.2 Å². The van der Waals surface area contributed by atoms with Crippen molar-refractivity contribution in [3.8, 4) is 6.07 Å². The van der Waals surface area contributed by atoms with Gasteiger partial charge in [-0.2, -0.15) is 10.4 Å². The summed E-state index contributed by atoms with van der Waals surface area (Å²) < 4.78 is 0. The van der Waals surface area contributed by atoms with Crippen LogP contribution in [0.25, 0.3) is 4.85 Å². The van der Waals surface area contributed by atoms with Crippen molar-refractivity contribution in [1.29, 1.82) is 5.26 Å². The maximum Gasteiger partial charge on any atom is 1.00 e. The molecule has 0 saturated carbocycles. The van der Waals surface area contributed by atoms with Crippen LogP contribution >= 0.6 is 0 Å². The van der Waals surface area contributed by atoms with Gasteiger partial charge in [-0.1, -0.05) is 58.8 Å². The molecule has 1 amide bonds. The third kappa shape index (κ3) is 17.6. The molecule has 0 aromatic rings. The number of carbonyl (C=O) groups excluding carboxylic acids is 2. The Bertz CT molecular complexity index is 689. The molecule has 0 fully saturated rings. The standard InChI is InChI=1S/C24H41N5O3.Na/c1-6-7-8-9-10-11-12-13-20(2)18-27-21(30)14-16-23(3,19-25)28-29-24(4,26-5)17-15-22(31)32;/h20H,6-18H2,1-4H3,(H,27,30)(H,31,32);/q;+1/p-1. The fourth-order valence-corrected chi connectivity index (χ4v) is 3.10. The molecule has 3 unspecified atom stereocenters. The summed E-state index contributed by atoms with van der Waals surface area (Å²) in [5.41, 5.74) is -2.62. The van der Waals surface area contributed by atoms with Crippen LogP contribution in [0, 0.1) is 23.8 Å². The van der Waals surface area contributed by atoms with Crippen molar-refractivity contribution in [3.63, 3.8) is 0 Å². The van der Waals surface area contributed by atoms with Crippen LogP contribution in [-0.4, -0.2) is 29.6 Å². The van der Waals surface area contributed by atoms with Crippen LogP contribution in [0.2, 0.25) is 0 Å². The maximum atomic E-state index is 12.2. The van der Waals surface area contributed by atoms with Crippen molar-refractivity contribution in [2.75, 3.05) is 6.54 Å². The quantitative estimate of drug-likeness (QED) is 0.142. The number of nitriles is 1. The van der Waals surface area contributed by atoms with Gasteiger partial charge in [-0.25, -0.2) is 6.57 Å². The van der Waals surface area contributed by atoms with Crippen LogP contribution in [0.3, 0.4) is 0 Å². The van der Waals surface area contributed by atoms with E-state index >= 15 is 0 Å². The van der Waals surface area contributed by atoms with E-state index in [-0.39, 0.29) is 61.1 Å². The summed E-state index contributed by atoms with van der Waals surface area (Å²) >= 11 is 0. The summed E-state index contributed by atoms with van der Waals surface area (Å²) in [6, 6.07) is 2.04. The van der Waals surface area contributed by atoms with Crippen molar-refractivity contribution in [3.05, 3.63) is 11.4 Å². The number of amides is 1. The number of aliphatic carboxylic acids is 1. The molecule has 0 aromatic heterocycles. The van der Waals surface area contributed by atoms with Crippen LogP contribution in [0.5, 0.6) is 0 Å². The van der Waals surface area contributed by atoms with E-state index < -0.39 is 17.2 Å². The minimum Gasteiger partial charge on any atom is -0.550 e. The molecule has 180 valence electrons. The van der Waals surface area contributed by atoms with Gasteiger partial charge in [0.2, 0.25) is 5.91 Å². The van der Waals surface area contributed by atoms with Crippen molar-refractivity contribution in [1.82, 2.24) is 5.32 Å². The van der Waals surface area contributed by atoms with E-state index in [0.29, 0.717) is 12.5 Å². The Kier molecular flexibility index (Phi) is 19.3. The van der Waals surface area contributed by atoms with Crippen molar-refractivity contribution >= 4 is 11.9 Å². The number of hydrogen-bond acceptors (Lipinski definition) is 6. The summed E-state index contributed by atoms with van der Waals surface area (Å²) in [5, 5.41) is 31.0. The number of carboxylic acid groups (broad SMARTS) is 1. The van der Waals surface area contributed by atoms with Gasteiger partial charge in [0, 0.05) is 25.9 Å². The third-order valence-corrected chi connectivity index (χ3v) is 5.56. The van der Waals surface area contributed by atoms with E-state index in [1.807, 2.05) is 6.07 Å². The Morgan fingerprint density at radius 1 is 1.09 bits per heavy atom. The van der Waals surface area contributed by atoms with Crippen LogP contribution in [0.1, 0.15) is 105 Å². The molecule has 0 spiro atoms. The van der Waals surface area contributed by atoms with Crippen LogP contribution < -0.4 is 40.0 Å². The fraction of sp³-hybridized carbons (Fsp3) is 0.833. The zero-order valence-corrected chi connectivity index (χ0v) is 23.3. The molecule has 0 aliphatic heterocycles. The third-order valence-electron chi connectivity index (χ3n) is 5.56. The normalized spacial score (nSPS) is 15.3. The predicted octanol–water partition coefficient (Wildman–Crippen LogP) is 1.56. The molecule has 0 saturated heterocycles. The molecule has 0 aliphatic carbocycles. The monoisotopic (exact) mass is 469 g/mol. The summed E-state index contributed by atoms with van der Waals surface area (Å²) in [6.07, 6.45) is 9.89. The molecule has 0 bridgehead atoms. The first-order valence-corrected chi connectivity index (χ1v) is 11.8. The number of nitrogens with one attached hydrogen (secondary N) is 1. The number of nitrogens with zero attached hydrogens (tertiary/aromatic N) is 4. The summed E-state index contributed by atoms with van der Waals surface area (Å²) in [4.78, 5) is 26.2. The SMILES string of the molecule is [C-]#[N+]C(C)(CCC(=O)[O-])N=NC(C)(C#N)CCC(=O)NCC(C)CCCCCCCCC.[Na+]. The van der Waals surface area contributed by atoms with Gasteiger partial charge in [0.05, 0.1) is 12.5 Å². The Hall–Kier alpha value is -1.48. The van der Waals surface area contributed by atoms with Gasteiger partial charge in [-0.3, -0.25) is 9.64 Å². The Morgan fingerprint density at radius 2 is 1.70 bits per heavy atom.